The number of Topliss-reactive ketones (excluding diaryl/α,β-unsaturated/α-hetero) is 1. The second-order valence-electron chi connectivity index (χ2n) is 4.69. The van der Waals surface area contributed by atoms with E-state index >= 15 is 0 Å². The van der Waals surface area contributed by atoms with Crippen molar-refractivity contribution < 1.29 is 19.4 Å². The SMILES string of the molecule is CCOC(=O)CCC(=O)c1nc2cc(Br)ccc2c(C#N)c1O. The smallest absolute Gasteiger partial charge is 0.306 e. The van der Waals surface area contributed by atoms with Crippen molar-refractivity contribution in [3.8, 4) is 11.8 Å². The Balaban J connectivity index is 2.40. The molecule has 7 heteroatoms. The monoisotopic (exact) mass is 376 g/mol. The fraction of sp³-hybridized carbons (Fsp3) is 0.250. The number of nitriles is 1. The Morgan fingerprint density at radius 3 is 2.78 bits per heavy atom. The average molecular weight is 377 g/mol. The number of benzene rings is 1. The van der Waals surface area contributed by atoms with Gasteiger partial charge in [-0.15, -0.1) is 0 Å². The molecule has 2 aromatic rings. The second kappa shape index (κ2) is 7.20. The Morgan fingerprint density at radius 2 is 2.13 bits per heavy atom. The van der Waals surface area contributed by atoms with Crippen LogP contribution in [0.3, 0.4) is 0 Å². The molecule has 6 nitrogen and oxygen atoms in total. The first-order valence-corrected chi connectivity index (χ1v) is 7.68. The van der Waals surface area contributed by atoms with Crippen LogP contribution >= 0.6 is 15.9 Å². The van der Waals surface area contributed by atoms with Gasteiger partial charge in [0.05, 0.1) is 18.5 Å². The van der Waals surface area contributed by atoms with Crippen molar-refractivity contribution in [2.45, 2.75) is 19.8 Å². The summed E-state index contributed by atoms with van der Waals surface area (Å²) >= 11 is 3.29. The standard InChI is InChI=1S/C16H13BrN2O4/c1-2-23-14(21)6-5-13(20)15-16(22)11(8-18)10-4-3-9(17)7-12(10)19-15/h3-4,7,22H,2,5-6H2,1H3. The number of pyridine rings is 1. The predicted molar refractivity (Wildman–Crippen MR) is 86.0 cm³/mol. The summed E-state index contributed by atoms with van der Waals surface area (Å²) in [4.78, 5) is 27.7. The quantitative estimate of drug-likeness (QED) is 0.635. The van der Waals surface area contributed by atoms with Crippen LogP contribution in [0.4, 0.5) is 0 Å². The molecule has 1 aromatic carbocycles. The number of hydrogen-bond donors (Lipinski definition) is 1. The van der Waals surface area contributed by atoms with E-state index < -0.39 is 17.5 Å². The molecule has 1 N–H and O–H groups in total. The van der Waals surface area contributed by atoms with Gasteiger partial charge in [-0.05, 0) is 19.1 Å². The largest absolute Gasteiger partial charge is 0.504 e. The minimum absolute atomic E-state index is 0.0121. The molecule has 0 saturated carbocycles. The van der Waals surface area contributed by atoms with Crippen LogP contribution < -0.4 is 0 Å². The first kappa shape index (κ1) is 16.9. The molecule has 118 valence electrons. The van der Waals surface area contributed by atoms with Crippen LogP contribution in [0.1, 0.15) is 35.8 Å². The molecule has 0 radical (unpaired) electrons. The fourth-order valence-electron chi connectivity index (χ4n) is 2.10. The number of ketones is 1. The highest BCUT2D eigenvalue weighted by Crippen LogP contribution is 2.30. The van der Waals surface area contributed by atoms with Gasteiger partial charge in [0.15, 0.2) is 11.5 Å². The summed E-state index contributed by atoms with van der Waals surface area (Å²) in [5.74, 6) is -1.48. The molecule has 1 heterocycles. The number of esters is 1. The van der Waals surface area contributed by atoms with Crippen molar-refractivity contribution in [3.63, 3.8) is 0 Å². The molecule has 0 unspecified atom stereocenters. The Morgan fingerprint density at radius 1 is 1.39 bits per heavy atom. The summed E-state index contributed by atoms with van der Waals surface area (Å²) in [5, 5.41) is 19.9. The number of carbonyl (C=O) groups is 2. The minimum Gasteiger partial charge on any atom is -0.504 e. The molecular weight excluding hydrogens is 364 g/mol. The molecule has 0 fully saturated rings. The van der Waals surface area contributed by atoms with E-state index in [0.717, 1.165) is 4.47 Å². The zero-order valence-corrected chi connectivity index (χ0v) is 13.9. The molecule has 0 atom stereocenters. The topological polar surface area (TPSA) is 100 Å². The van der Waals surface area contributed by atoms with Crippen molar-refractivity contribution in [1.82, 2.24) is 4.98 Å². The summed E-state index contributed by atoms with van der Waals surface area (Å²) in [6, 6.07) is 6.89. The maximum Gasteiger partial charge on any atom is 0.306 e. The summed E-state index contributed by atoms with van der Waals surface area (Å²) < 4.78 is 5.49. The van der Waals surface area contributed by atoms with Crippen molar-refractivity contribution in [1.29, 1.82) is 5.26 Å². The van der Waals surface area contributed by atoms with E-state index in [-0.39, 0.29) is 30.7 Å². The number of fused-ring (bicyclic) bond motifs is 1. The molecule has 0 spiro atoms. The van der Waals surface area contributed by atoms with E-state index in [9.17, 15) is 20.0 Å². The van der Waals surface area contributed by atoms with Gasteiger partial charge in [0.25, 0.3) is 0 Å². The number of ether oxygens (including phenoxy) is 1. The molecular formula is C16H13BrN2O4. The van der Waals surface area contributed by atoms with Gasteiger partial charge >= 0.3 is 5.97 Å². The van der Waals surface area contributed by atoms with Gasteiger partial charge < -0.3 is 9.84 Å². The maximum absolute atomic E-state index is 12.2. The molecule has 2 rings (SSSR count). The molecule has 1 aromatic heterocycles. The van der Waals surface area contributed by atoms with E-state index in [2.05, 4.69) is 20.9 Å². The molecule has 0 bridgehead atoms. The van der Waals surface area contributed by atoms with Crippen LogP contribution in [0.25, 0.3) is 10.9 Å². The van der Waals surface area contributed by atoms with Crippen molar-refractivity contribution in [3.05, 3.63) is 33.9 Å². The van der Waals surface area contributed by atoms with Crippen LogP contribution in [0.15, 0.2) is 22.7 Å². The fourth-order valence-corrected chi connectivity index (χ4v) is 2.45. The van der Waals surface area contributed by atoms with Crippen LogP contribution in [0, 0.1) is 11.3 Å². The lowest BCUT2D eigenvalue weighted by Gasteiger charge is -2.08. The normalized spacial score (nSPS) is 10.3. The predicted octanol–water partition coefficient (Wildman–Crippen LogP) is 3.10. The molecule has 23 heavy (non-hydrogen) atoms. The molecule has 0 saturated heterocycles. The van der Waals surface area contributed by atoms with Crippen molar-refractivity contribution in [2.75, 3.05) is 6.61 Å². The Hall–Kier alpha value is -2.46. The Bertz CT molecular complexity index is 827. The third kappa shape index (κ3) is 3.66. The third-order valence-electron chi connectivity index (χ3n) is 3.16. The van der Waals surface area contributed by atoms with Crippen LogP contribution in [-0.4, -0.2) is 28.4 Å². The van der Waals surface area contributed by atoms with Gasteiger partial charge in [-0.3, -0.25) is 9.59 Å². The van der Waals surface area contributed by atoms with E-state index in [4.69, 9.17) is 4.74 Å². The first-order valence-electron chi connectivity index (χ1n) is 6.89. The summed E-state index contributed by atoms with van der Waals surface area (Å²) in [6.07, 6.45) is -0.254. The minimum atomic E-state index is -0.520. The van der Waals surface area contributed by atoms with Gasteiger partial charge in [0.2, 0.25) is 0 Å². The molecule has 0 amide bonds. The van der Waals surface area contributed by atoms with Gasteiger partial charge in [0.1, 0.15) is 17.3 Å². The number of aromatic nitrogens is 1. The van der Waals surface area contributed by atoms with E-state index in [0.29, 0.717) is 10.9 Å². The molecule has 0 aliphatic rings. The number of halogens is 1. The zero-order chi connectivity index (χ0) is 17.0. The number of carbonyl (C=O) groups excluding carboxylic acids is 2. The van der Waals surface area contributed by atoms with E-state index in [1.165, 1.54) is 0 Å². The second-order valence-corrected chi connectivity index (χ2v) is 5.60. The third-order valence-corrected chi connectivity index (χ3v) is 3.65. The highest BCUT2D eigenvalue weighted by Gasteiger charge is 2.20. The van der Waals surface area contributed by atoms with Gasteiger partial charge in [0, 0.05) is 16.3 Å². The van der Waals surface area contributed by atoms with Crippen molar-refractivity contribution in [2.24, 2.45) is 0 Å². The Kier molecular flexibility index (Phi) is 5.29. The Labute approximate surface area is 140 Å². The zero-order valence-electron chi connectivity index (χ0n) is 12.3. The first-order chi connectivity index (χ1) is 11.0. The van der Waals surface area contributed by atoms with Gasteiger partial charge in [-0.2, -0.15) is 5.26 Å². The number of rotatable bonds is 5. The number of hydrogen-bond acceptors (Lipinski definition) is 6. The number of aromatic hydroxyl groups is 1. The summed E-state index contributed by atoms with van der Waals surface area (Å²) in [5.41, 5.74) is 0.187. The lowest BCUT2D eigenvalue weighted by molar-refractivity contribution is -0.143. The number of nitrogens with zero attached hydrogens (tertiary/aromatic N) is 2. The van der Waals surface area contributed by atoms with Crippen molar-refractivity contribution >= 4 is 38.6 Å². The lowest BCUT2D eigenvalue weighted by atomic mass is 10.0. The average Bonchev–Trinajstić information content (AvgIpc) is 2.52. The van der Waals surface area contributed by atoms with Gasteiger partial charge in [-0.25, -0.2) is 4.98 Å². The molecule has 0 aliphatic carbocycles. The van der Waals surface area contributed by atoms with E-state index in [1.54, 1.807) is 25.1 Å². The lowest BCUT2D eigenvalue weighted by Crippen LogP contribution is -2.10. The summed E-state index contributed by atoms with van der Waals surface area (Å²) in [7, 11) is 0. The van der Waals surface area contributed by atoms with Crippen LogP contribution in [-0.2, 0) is 9.53 Å². The highest BCUT2D eigenvalue weighted by atomic mass is 79.9. The van der Waals surface area contributed by atoms with Gasteiger partial charge in [-0.1, -0.05) is 22.0 Å². The van der Waals surface area contributed by atoms with Crippen LogP contribution in [0.2, 0.25) is 0 Å². The summed E-state index contributed by atoms with van der Waals surface area (Å²) in [6.45, 7) is 1.91. The van der Waals surface area contributed by atoms with Crippen LogP contribution in [0.5, 0.6) is 5.75 Å². The maximum atomic E-state index is 12.2. The highest BCUT2D eigenvalue weighted by molar-refractivity contribution is 9.10. The van der Waals surface area contributed by atoms with E-state index in [1.807, 2.05) is 6.07 Å². The molecule has 0 aliphatic heterocycles.